The van der Waals surface area contributed by atoms with Crippen molar-refractivity contribution in [2.75, 3.05) is 12.3 Å². The summed E-state index contributed by atoms with van der Waals surface area (Å²) in [5.74, 6) is 0.757. The lowest BCUT2D eigenvalue weighted by atomic mass is 10.1. The van der Waals surface area contributed by atoms with E-state index in [9.17, 15) is 0 Å². The van der Waals surface area contributed by atoms with Gasteiger partial charge in [-0.25, -0.2) is 0 Å². The van der Waals surface area contributed by atoms with Crippen LogP contribution in [0.25, 0.3) is 0 Å². The van der Waals surface area contributed by atoms with Crippen molar-refractivity contribution in [1.82, 2.24) is 5.32 Å². The number of hydrogen-bond donors (Lipinski definition) is 1. The predicted molar refractivity (Wildman–Crippen MR) is 83.8 cm³/mol. The molecular weight excluding hydrogens is 313 g/mol. The first kappa shape index (κ1) is 15.6. The molecule has 0 unspecified atom stereocenters. The molecule has 0 fully saturated rings. The normalized spacial score (nSPS) is 14.4. The van der Waals surface area contributed by atoms with Crippen molar-refractivity contribution in [3.63, 3.8) is 0 Å². The first-order chi connectivity index (χ1) is 8.20. The number of halogens is 3. The van der Waals surface area contributed by atoms with Gasteiger partial charge in [0, 0.05) is 22.9 Å². The monoisotopic (exact) mass is 323 g/mol. The third kappa shape index (κ3) is 3.79. The van der Waals surface area contributed by atoms with E-state index in [0.29, 0.717) is 10.0 Å². The third-order valence-corrected chi connectivity index (χ3v) is 3.64. The number of nitrogens with one attached hydrogen (secondary N) is 1. The molecule has 1 aliphatic heterocycles. The van der Waals surface area contributed by atoms with Gasteiger partial charge in [0.25, 0.3) is 0 Å². The number of rotatable bonds is 2. The highest BCUT2D eigenvalue weighted by molar-refractivity contribution is 8.14. The van der Waals surface area contributed by atoms with Crippen molar-refractivity contribution < 1.29 is 0 Å². The number of nitrogens with zero attached hydrogens (tertiary/aromatic N) is 2. The van der Waals surface area contributed by atoms with Crippen LogP contribution in [0.1, 0.15) is 12.5 Å². The highest BCUT2D eigenvalue weighted by Gasteiger charge is 2.14. The van der Waals surface area contributed by atoms with Crippen molar-refractivity contribution in [2.24, 2.45) is 10.2 Å². The smallest absolute Gasteiger partial charge is 0.183 e. The van der Waals surface area contributed by atoms with Gasteiger partial charge in [0.05, 0.1) is 10.7 Å². The molecule has 18 heavy (non-hydrogen) atoms. The molecule has 1 N–H and O–H groups in total. The van der Waals surface area contributed by atoms with E-state index in [1.165, 1.54) is 0 Å². The van der Waals surface area contributed by atoms with Crippen molar-refractivity contribution in [1.29, 1.82) is 0 Å². The van der Waals surface area contributed by atoms with Gasteiger partial charge in [0.1, 0.15) is 0 Å². The van der Waals surface area contributed by atoms with Gasteiger partial charge < -0.3 is 5.32 Å². The fourth-order valence-corrected chi connectivity index (χ4v) is 2.74. The van der Waals surface area contributed by atoms with Crippen LogP contribution in [-0.2, 0) is 0 Å². The van der Waals surface area contributed by atoms with E-state index in [1.54, 1.807) is 23.9 Å². The second-order valence-corrected chi connectivity index (χ2v) is 5.20. The minimum atomic E-state index is 0. The lowest BCUT2D eigenvalue weighted by Gasteiger charge is -2.13. The van der Waals surface area contributed by atoms with E-state index in [1.807, 2.05) is 13.0 Å². The number of benzene rings is 1. The molecule has 0 aliphatic carbocycles. The van der Waals surface area contributed by atoms with Crippen molar-refractivity contribution in [3.8, 4) is 0 Å². The summed E-state index contributed by atoms with van der Waals surface area (Å²) in [5, 5.41) is 13.5. The summed E-state index contributed by atoms with van der Waals surface area (Å²) in [5.41, 5.74) is 1.76. The van der Waals surface area contributed by atoms with Crippen LogP contribution >= 0.6 is 47.4 Å². The highest BCUT2D eigenvalue weighted by Crippen LogP contribution is 2.24. The molecular formula is C11H12Cl3N3S. The molecule has 0 spiro atoms. The molecule has 1 aromatic rings. The molecule has 1 aliphatic rings. The SMILES string of the molecule is CCNC1=NN=C(c2ccc(Cl)cc2Cl)CS1.Cl. The maximum atomic E-state index is 6.12. The summed E-state index contributed by atoms with van der Waals surface area (Å²) < 4.78 is 0. The zero-order valence-corrected chi connectivity index (χ0v) is 12.8. The van der Waals surface area contributed by atoms with E-state index in [4.69, 9.17) is 23.2 Å². The maximum absolute atomic E-state index is 6.12. The molecule has 0 saturated heterocycles. The van der Waals surface area contributed by atoms with Gasteiger partial charge in [-0.1, -0.05) is 41.0 Å². The second-order valence-electron chi connectivity index (χ2n) is 3.40. The minimum absolute atomic E-state index is 0. The Morgan fingerprint density at radius 1 is 1.33 bits per heavy atom. The van der Waals surface area contributed by atoms with Gasteiger partial charge in [-0.2, -0.15) is 5.10 Å². The number of hydrogen-bond acceptors (Lipinski definition) is 4. The molecule has 0 saturated carbocycles. The molecule has 1 heterocycles. The quantitative estimate of drug-likeness (QED) is 0.897. The lowest BCUT2D eigenvalue weighted by molar-refractivity contribution is 0.969. The molecule has 0 aromatic heterocycles. The first-order valence-corrected chi connectivity index (χ1v) is 6.91. The predicted octanol–water partition coefficient (Wildman–Crippen LogP) is 3.83. The Morgan fingerprint density at radius 2 is 2.11 bits per heavy atom. The van der Waals surface area contributed by atoms with Crippen molar-refractivity contribution in [3.05, 3.63) is 33.8 Å². The Kier molecular flexibility index (Phi) is 6.29. The largest absolute Gasteiger partial charge is 0.363 e. The molecule has 0 amide bonds. The van der Waals surface area contributed by atoms with Gasteiger partial charge in [-0.3, -0.25) is 0 Å². The highest BCUT2D eigenvalue weighted by atomic mass is 35.5. The number of amidine groups is 1. The maximum Gasteiger partial charge on any atom is 0.183 e. The Morgan fingerprint density at radius 3 is 2.67 bits per heavy atom. The van der Waals surface area contributed by atoms with Crippen molar-refractivity contribution in [2.45, 2.75) is 6.92 Å². The van der Waals surface area contributed by atoms with E-state index in [2.05, 4.69) is 15.5 Å². The molecule has 0 bridgehead atoms. The summed E-state index contributed by atoms with van der Waals surface area (Å²) in [7, 11) is 0. The average Bonchev–Trinajstić information content (AvgIpc) is 2.31. The lowest BCUT2D eigenvalue weighted by Crippen LogP contribution is -2.23. The first-order valence-electron chi connectivity index (χ1n) is 5.17. The number of thioether (sulfide) groups is 1. The molecule has 2 rings (SSSR count). The average molecular weight is 325 g/mol. The minimum Gasteiger partial charge on any atom is -0.363 e. The van der Waals surface area contributed by atoms with Crippen LogP contribution in [0, 0.1) is 0 Å². The summed E-state index contributed by atoms with van der Waals surface area (Å²) in [6, 6.07) is 5.40. The van der Waals surface area contributed by atoms with Gasteiger partial charge in [-0.15, -0.1) is 17.5 Å². The summed E-state index contributed by atoms with van der Waals surface area (Å²) in [6.07, 6.45) is 0. The van der Waals surface area contributed by atoms with Gasteiger partial charge in [0.2, 0.25) is 0 Å². The van der Waals surface area contributed by atoms with E-state index in [0.717, 1.165) is 28.7 Å². The fraction of sp³-hybridized carbons (Fsp3) is 0.273. The zero-order valence-electron chi connectivity index (χ0n) is 9.61. The van der Waals surface area contributed by atoms with Gasteiger partial charge in [-0.05, 0) is 19.1 Å². The third-order valence-electron chi connectivity index (χ3n) is 2.18. The van der Waals surface area contributed by atoms with Crippen LogP contribution in [0.2, 0.25) is 10.0 Å². The van der Waals surface area contributed by atoms with Crippen LogP contribution in [0.3, 0.4) is 0 Å². The van der Waals surface area contributed by atoms with Crippen LogP contribution < -0.4 is 5.32 Å². The summed E-state index contributed by atoms with van der Waals surface area (Å²) in [6.45, 7) is 2.87. The zero-order chi connectivity index (χ0) is 12.3. The van der Waals surface area contributed by atoms with Crippen molar-refractivity contribution >= 4 is 58.3 Å². The van der Waals surface area contributed by atoms with E-state index in [-0.39, 0.29) is 12.4 Å². The Labute approximate surface area is 126 Å². The van der Waals surface area contributed by atoms with Crippen LogP contribution in [0.5, 0.6) is 0 Å². The van der Waals surface area contributed by atoms with Crippen LogP contribution in [0.15, 0.2) is 28.4 Å². The molecule has 3 nitrogen and oxygen atoms in total. The molecule has 0 radical (unpaired) electrons. The fourth-order valence-electron chi connectivity index (χ4n) is 1.39. The van der Waals surface area contributed by atoms with E-state index >= 15 is 0 Å². The van der Waals surface area contributed by atoms with Crippen LogP contribution in [0.4, 0.5) is 0 Å². The summed E-state index contributed by atoms with van der Waals surface area (Å²) >= 11 is 13.6. The Balaban J connectivity index is 0.00000162. The summed E-state index contributed by atoms with van der Waals surface area (Å²) in [4.78, 5) is 0. The molecule has 0 atom stereocenters. The molecule has 7 heteroatoms. The standard InChI is InChI=1S/C11H11Cl2N3S.ClH/c1-2-14-11-16-15-10(6-17-11)8-4-3-7(12)5-9(8)13;/h3-5H,2,6H2,1H3,(H,14,16);1H. The molecule has 98 valence electrons. The topological polar surface area (TPSA) is 36.8 Å². The molecule has 1 aromatic carbocycles. The second kappa shape index (κ2) is 7.24. The van der Waals surface area contributed by atoms with Gasteiger partial charge in [0.15, 0.2) is 5.17 Å². The van der Waals surface area contributed by atoms with Gasteiger partial charge >= 0.3 is 0 Å². The Bertz CT molecular complexity index is 488. The van der Waals surface area contributed by atoms with Crippen LogP contribution in [-0.4, -0.2) is 23.2 Å². The Hall–Kier alpha value is -0.420. The van der Waals surface area contributed by atoms with E-state index < -0.39 is 0 Å².